The fourth-order valence-electron chi connectivity index (χ4n) is 1.68. The van der Waals surface area contributed by atoms with Crippen LogP contribution in [-0.4, -0.2) is 35.1 Å². The van der Waals surface area contributed by atoms with E-state index in [1.54, 1.807) is 6.20 Å². The molecule has 16 heavy (non-hydrogen) atoms. The molecule has 0 saturated carbocycles. The van der Waals surface area contributed by atoms with Gasteiger partial charge in [-0.05, 0) is 32.2 Å². The second-order valence-corrected chi connectivity index (χ2v) is 4.98. The Morgan fingerprint density at radius 3 is 2.56 bits per heavy atom. The van der Waals surface area contributed by atoms with Crippen molar-refractivity contribution < 1.29 is 0 Å². The Hall–Kier alpha value is -0.940. The molecule has 0 aliphatic carbocycles. The van der Waals surface area contributed by atoms with Crippen LogP contribution in [0.15, 0.2) is 17.1 Å². The van der Waals surface area contributed by atoms with Crippen LogP contribution in [0.1, 0.15) is 19.9 Å². The van der Waals surface area contributed by atoms with Crippen LogP contribution in [0.4, 0.5) is 0 Å². The lowest BCUT2D eigenvalue weighted by molar-refractivity contribution is 0.265. The Bertz CT molecular complexity index is 447. The number of rotatable bonds is 4. The summed E-state index contributed by atoms with van der Waals surface area (Å²) in [4.78, 5) is 15.9. The van der Waals surface area contributed by atoms with E-state index in [0.29, 0.717) is 10.7 Å². The van der Waals surface area contributed by atoms with Crippen molar-refractivity contribution >= 4 is 12.2 Å². The first-order chi connectivity index (χ1) is 7.41. The molecule has 0 bridgehead atoms. The maximum atomic E-state index is 11.1. The Morgan fingerprint density at radius 1 is 1.50 bits per heavy atom. The van der Waals surface area contributed by atoms with Gasteiger partial charge in [0.15, 0.2) is 4.77 Å². The Balaban J connectivity index is 3.11. The van der Waals surface area contributed by atoms with E-state index in [4.69, 9.17) is 12.2 Å². The molecule has 0 radical (unpaired) electrons. The lowest BCUT2D eigenvalue weighted by Gasteiger charge is -2.26. The number of H-pyrrole nitrogens is 1. The fourth-order valence-corrected chi connectivity index (χ4v) is 1.98. The van der Waals surface area contributed by atoms with Crippen molar-refractivity contribution in [2.45, 2.75) is 19.9 Å². The summed E-state index contributed by atoms with van der Waals surface area (Å²) >= 11 is 5.18. The van der Waals surface area contributed by atoms with Gasteiger partial charge in [0.25, 0.3) is 5.56 Å². The molecule has 1 aromatic rings. The quantitative estimate of drug-likeness (QED) is 0.815. The number of likely N-dealkylation sites (N-methyl/N-ethyl adjacent to an activating group) is 1. The highest BCUT2D eigenvalue weighted by Gasteiger charge is 2.16. The summed E-state index contributed by atoms with van der Waals surface area (Å²) in [5, 5.41) is 0. The summed E-state index contributed by atoms with van der Waals surface area (Å²) in [6.07, 6.45) is 1.77. The van der Waals surface area contributed by atoms with Crippen LogP contribution in [0, 0.1) is 10.7 Å². The summed E-state index contributed by atoms with van der Waals surface area (Å²) in [6, 6.07) is 1.79. The molecule has 0 aliphatic rings. The van der Waals surface area contributed by atoms with Crippen LogP contribution in [0.2, 0.25) is 0 Å². The van der Waals surface area contributed by atoms with Crippen molar-refractivity contribution in [3.63, 3.8) is 0 Å². The van der Waals surface area contributed by atoms with Gasteiger partial charge in [0.1, 0.15) is 0 Å². The monoisotopic (exact) mass is 241 g/mol. The molecular formula is C11H19N3OS. The summed E-state index contributed by atoms with van der Waals surface area (Å²) < 4.78 is 2.45. The molecule has 0 spiro atoms. The van der Waals surface area contributed by atoms with Crippen molar-refractivity contribution in [3.8, 4) is 0 Å². The van der Waals surface area contributed by atoms with Crippen LogP contribution in [0.25, 0.3) is 0 Å². The third-order valence-electron chi connectivity index (χ3n) is 2.53. The van der Waals surface area contributed by atoms with E-state index in [0.717, 1.165) is 6.54 Å². The normalized spacial score (nSPS) is 13.4. The molecular weight excluding hydrogens is 222 g/mol. The first kappa shape index (κ1) is 13.1. The van der Waals surface area contributed by atoms with Crippen LogP contribution >= 0.6 is 12.2 Å². The molecule has 1 heterocycles. The van der Waals surface area contributed by atoms with Gasteiger partial charge in [-0.1, -0.05) is 13.8 Å². The van der Waals surface area contributed by atoms with Crippen LogP contribution < -0.4 is 5.56 Å². The topological polar surface area (TPSA) is 41.0 Å². The number of nitrogens with one attached hydrogen (secondary N) is 1. The van der Waals surface area contributed by atoms with Crippen LogP contribution in [0.3, 0.4) is 0 Å². The highest BCUT2D eigenvalue weighted by Crippen LogP contribution is 2.17. The molecule has 0 fully saturated rings. The van der Waals surface area contributed by atoms with Crippen molar-refractivity contribution in [2.24, 2.45) is 5.92 Å². The minimum Gasteiger partial charge on any atom is -0.321 e. The zero-order valence-corrected chi connectivity index (χ0v) is 11.0. The second kappa shape index (κ2) is 5.41. The largest absolute Gasteiger partial charge is 0.321 e. The summed E-state index contributed by atoms with van der Waals surface area (Å²) in [7, 11) is 4.06. The van der Waals surface area contributed by atoms with Gasteiger partial charge in [-0.15, -0.1) is 0 Å². The van der Waals surface area contributed by atoms with E-state index in [-0.39, 0.29) is 11.6 Å². The molecule has 1 rings (SSSR count). The SMILES string of the molecule is CC(C)C(CN(C)C)n1ccc(=O)[nH]c1=S. The van der Waals surface area contributed by atoms with Crippen molar-refractivity contribution in [1.29, 1.82) is 0 Å². The number of hydrogen-bond donors (Lipinski definition) is 1. The predicted molar refractivity (Wildman–Crippen MR) is 68.3 cm³/mol. The van der Waals surface area contributed by atoms with E-state index in [2.05, 4.69) is 23.7 Å². The van der Waals surface area contributed by atoms with Crippen LogP contribution in [0.5, 0.6) is 0 Å². The molecule has 1 atom stereocenters. The first-order valence-electron chi connectivity index (χ1n) is 5.38. The smallest absolute Gasteiger partial charge is 0.251 e. The van der Waals surface area contributed by atoms with Gasteiger partial charge in [-0.2, -0.15) is 0 Å². The van der Waals surface area contributed by atoms with E-state index in [1.165, 1.54) is 6.07 Å². The van der Waals surface area contributed by atoms with Gasteiger partial charge in [-0.3, -0.25) is 9.78 Å². The zero-order chi connectivity index (χ0) is 12.3. The molecule has 0 aliphatic heterocycles. The van der Waals surface area contributed by atoms with Crippen molar-refractivity contribution in [2.75, 3.05) is 20.6 Å². The van der Waals surface area contributed by atoms with Gasteiger partial charge < -0.3 is 9.47 Å². The van der Waals surface area contributed by atoms with E-state index in [1.807, 2.05) is 18.7 Å². The molecule has 90 valence electrons. The number of hydrogen-bond acceptors (Lipinski definition) is 3. The number of aromatic amines is 1. The summed E-state index contributed by atoms with van der Waals surface area (Å²) in [5.74, 6) is 0.458. The predicted octanol–water partition coefficient (Wildman–Crippen LogP) is 1.66. The van der Waals surface area contributed by atoms with Gasteiger partial charge in [0.05, 0.1) is 6.04 Å². The number of nitrogens with zero attached hydrogens (tertiary/aromatic N) is 2. The molecule has 1 unspecified atom stereocenters. The number of aromatic nitrogens is 2. The third-order valence-corrected chi connectivity index (χ3v) is 2.84. The highest BCUT2D eigenvalue weighted by molar-refractivity contribution is 7.71. The van der Waals surface area contributed by atoms with E-state index < -0.39 is 0 Å². The third kappa shape index (κ3) is 3.28. The Labute approximate surface area is 101 Å². The molecule has 0 amide bonds. The standard InChI is InChI=1S/C11H19N3OS/c1-8(2)9(7-13(3)4)14-6-5-10(15)12-11(14)16/h5-6,8-9H,7H2,1-4H3,(H,12,15,16). The average Bonchev–Trinajstić information content (AvgIpc) is 2.14. The second-order valence-electron chi connectivity index (χ2n) is 4.59. The lowest BCUT2D eigenvalue weighted by atomic mass is 10.0. The Kier molecular flexibility index (Phi) is 4.44. The molecule has 1 aromatic heterocycles. The van der Waals surface area contributed by atoms with Gasteiger partial charge in [0.2, 0.25) is 0 Å². The Morgan fingerprint density at radius 2 is 2.12 bits per heavy atom. The van der Waals surface area contributed by atoms with Gasteiger partial charge in [0, 0.05) is 18.8 Å². The van der Waals surface area contributed by atoms with Crippen LogP contribution in [-0.2, 0) is 0 Å². The molecule has 5 heteroatoms. The maximum Gasteiger partial charge on any atom is 0.251 e. The van der Waals surface area contributed by atoms with E-state index >= 15 is 0 Å². The van der Waals surface area contributed by atoms with Gasteiger partial charge in [-0.25, -0.2) is 0 Å². The lowest BCUT2D eigenvalue weighted by Crippen LogP contribution is -2.29. The molecule has 0 saturated heterocycles. The average molecular weight is 241 g/mol. The highest BCUT2D eigenvalue weighted by atomic mass is 32.1. The minimum atomic E-state index is -0.145. The van der Waals surface area contributed by atoms with E-state index in [9.17, 15) is 4.79 Å². The molecule has 0 aromatic carbocycles. The first-order valence-corrected chi connectivity index (χ1v) is 5.79. The molecule has 1 N–H and O–H groups in total. The zero-order valence-electron chi connectivity index (χ0n) is 10.2. The maximum absolute atomic E-state index is 11.1. The summed E-state index contributed by atoms with van der Waals surface area (Å²) in [5.41, 5.74) is -0.145. The van der Waals surface area contributed by atoms with Crippen molar-refractivity contribution in [1.82, 2.24) is 14.5 Å². The molecule has 4 nitrogen and oxygen atoms in total. The minimum absolute atomic E-state index is 0.145. The summed E-state index contributed by atoms with van der Waals surface area (Å²) in [6.45, 7) is 5.21. The van der Waals surface area contributed by atoms with Crippen molar-refractivity contribution in [3.05, 3.63) is 27.4 Å². The fraction of sp³-hybridized carbons (Fsp3) is 0.636. The van der Waals surface area contributed by atoms with Gasteiger partial charge >= 0.3 is 0 Å².